The van der Waals surface area contributed by atoms with E-state index in [4.69, 9.17) is 0 Å². The summed E-state index contributed by atoms with van der Waals surface area (Å²) in [4.78, 5) is 12.5. The van der Waals surface area contributed by atoms with Crippen LogP contribution in [0.1, 0.15) is 29.2 Å². The van der Waals surface area contributed by atoms with E-state index in [9.17, 15) is 4.79 Å². The number of H-pyrrole nitrogens is 1. The molecule has 5 nitrogen and oxygen atoms in total. The summed E-state index contributed by atoms with van der Waals surface area (Å²) >= 11 is 0. The monoisotopic (exact) mass is 270 g/mol. The van der Waals surface area contributed by atoms with Crippen molar-refractivity contribution in [2.24, 2.45) is 0 Å². The lowest BCUT2D eigenvalue weighted by atomic mass is 9.90. The van der Waals surface area contributed by atoms with Crippen molar-refractivity contribution in [2.45, 2.75) is 26.2 Å². The van der Waals surface area contributed by atoms with Gasteiger partial charge in [0.2, 0.25) is 5.91 Å². The van der Waals surface area contributed by atoms with Gasteiger partial charge in [0.15, 0.2) is 5.82 Å². The number of anilines is 2. The fourth-order valence-corrected chi connectivity index (χ4v) is 2.55. The molecule has 0 saturated heterocycles. The van der Waals surface area contributed by atoms with Gasteiger partial charge in [-0.3, -0.25) is 9.89 Å². The Bertz CT molecular complexity index is 647. The van der Waals surface area contributed by atoms with E-state index >= 15 is 0 Å². The van der Waals surface area contributed by atoms with Gasteiger partial charge in [0.25, 0.3) is 0 Å². The van der Waals surface area contributed by atoms with Gasteiger partial charge < -0.3 is 10.6 Å². The molecule has 3 N–H and O–H groups in total. The molecule has 5 heteroatoms. The minimum absolute atomic E-state index is 0.00792. The minimum Gasteiger partial charge on any atom is -0.385 e. The molecule has 104 valence electrons. The van der Waals surface area contributed by atoms with Crippen LogP contribution in [-0.4, -0.2) is 22.6 Å². The molecule has 2 aromatic rings. The Morgan fingerprint density at radius 3 is 2.90 bits per heavy atom. The fraction of sp³-hybridized carbons (Fsp3) is 0.333. The molecule has 0 radical (unpaired) electrons. The van der Waals surface area contributed by atoms with Gasteiger partial charge in [-0.05, 0) is 31.9 Å². The largest absolute Gasteiger partial charge is 0.385 e. The highest BCUT2D eigenvalue weighted by atomic mass is 16.2. The van der Waals surface area contributed by atoms with Crippen LogP contribution in [0.5, 0.6) is 0 Å². The third kappa shape index (κ3) is 2.15. The summed E-state index contributed by atoms with van der Waals surface area (Å²) in [6.45, 7) is 4.70. The van der Waals surface area contributed by atoms with Crippen molar-refractivity contribution in [3.63, 3.8) is 0 Å². The minimum atomic E-state index is -0.121. The molecular weight excluding hydrogens is 252 g/mol. The maximum Gasteiger partial charge on any atom is 0.233 e. The van der Waals surface area contributed by atoms with Crippen molar-refractivity contribution < 1.29 is 4.79 Å². The third-order valence-corrected chi connectivity index (χ3v) is 3.90. The average molecular weight is 270 g/mol. The third-order valence-electron chi connectivity index (χ3n) is 3.90. The lowest BCUT2D eigenvalue weighted by Gasteiger charge is -2.25. The highest BCUT2D eigenvalue weighted by molar-refractivity contribution is 5.97. The van der Waals surface area contributed by atoms with Gasteiger partial charge in [0.05, 0.1) is 5.92 Å². The van der Waals surface area contributed by atoms with Crippen LogP contribution in [0.25, 0.3) is 0 Å². The average Bonchev–Trinajstić information content (AvgIpc) is 2.78. The molecule has 0 aliphatic carbocycles. The van der Waals surface area contributed by atoms with Crippen molar-refractivity contribution in [2.75, 3.05) is 17.2 Å². The first-order valence-corrected chi connectivity index (χ1v) is 6.82. The lowest BCUT2D eigenvalue weighted by molar-refractivity contribution is -0.117. The summed E-state index contributed by atoms with van der Waals surface area (Å²) in [5.74, 6) is 0.515. The Hall–Kier alpha value is -2.30. The van der Waals surface area contributed by atoms with Gasteiger partial charge in [-0.25, -0.2) is 0 Å². The molecule has 1 unspecified atom stereocenters. The number of benzene rings is 1. The number of fused-ring (bicyclic) bond motifs is 1. The van der Waals surface area contributed by atoms with E-state index < -0.39 is 0 Å². The molecule has 3 rings (SSSR count). The predicted molar refractivity (Wildman–Crippen MR) is 79.0 cm³/mol. The summed E-state index contributed by atoms with van der Waals surface area (Å²) in [6.07, 6.45) is 0.797. The smallest absolute Gasteiger partial charge is 0.233 e. The van der Waals surface area contributed by atoms with Crippen molar-refractivity contribution in [1.82, 2.24) is 10.2 Å². The van der Waals surface area contributed by atoms with E-state index in [1.165, 1.54) is 0 Å². The summed E-state index contributed by atoms with van der Waals surface area (Å²) in [6, 6.07) is 7.97. The molecule has 1 aromatic heterocycles. The summed E-state index contributed by atoms with van der Waals surface area (Å²) in [5.41, 5.74) is 4.07. The molecule has 0 saturated carbocycles. The van der Waals surface area contributed by atoms with Gasteiger partial charge in [-0.1, -0.05) is 18.2 Å². The van der Waals surface area contributed by atoms with Gasteiger partial charge in [-0.15, -0.1) is 0 Å². The first-order chi connectivity index (χ1) is 9.66. The number of carbonyl (C=O) groups excluding carboxylic acids is 1. The van der Waals surface area contributed by atoms with E-state index in [0.717, 1.165) is 35.5 Å². The number of rotatable bonds is 2. The molecule has 20 heavy (non-hydrogen) atoms. The van der Waals surface area contributed by atoms with Gasteiger partial charge in [0, 0.05) is 23.5 Å². The maximum absolute atomic E-state index is 12.5. The molecule has 2 heterocycles. The van der Waals surface area contributed by atoms with E-state index in [0.29, 0.717) is 5.82 Å². The number of amides is 1. The Morgan fingerprint density at radius 2 is 2.15 bits per heavy atom. The van der Waals surface area contributed by atoms with Crippen molar-refractivity contribution in [1.29, 1.82) is 0 Å². The highest BCUT2D eigenvalue weighted by Gasteiger charge is 2.26. The Morgan fingerprint density at radius 1 is 1.35 bits per heavy atom. The second-order valence-corrected chi connectivity index (χ2v) is 5.17. The number of aryl methyl sites for hydroxylation is 1. The van der Waals surface area contributed by atoms with Crippen molar-refractivity contribution in [3.8, 4) is 0 Å². The molecule has 1 aromatic carbocycles. The Labute approximate surface area is 117 Å². The molecular formula is C15H18N4O. The topological polar surface area (TPSA) is 69.8 Å². The number of nitrogens with one attached hydrogen (secondary N) is 3. The molecule has 0 spiro atoms. The number of hydrogen-bond acceptors (Lipinski definition) is 3. The maximum atomic E-state index is 12.5. The second kappa shape index (κ2) is 5.00. The van der Waals surface area contributed by atoms with E-state index in [1.807, 2.05) is 38.1 Å². The van der Waals surface area contributed by atoms with E-state index in [1.54, 1.807) is 0 Å². The van der Waals surface area contributed by atoms with Crippen molar-refractivity contribution >= 4 is 17.4 Å². The highest BCUT2D eigenvalue weighted by Crippen LogP contribution is 2.32. The number of aromatic amines is 1. The van der Waals surface area contributed by atoms with E-state index in [2.05, 4.69) is 20.8 Å². The summed E-state index contributed by atoms with van der Waals surface area (Å²) in [5, 5.41) is 13.3. The zero-order valence-electron chi connectivity index (χ0n) is 11.7. The number of aromatic nitrogens is 2. The molecule has 0 bridgehead atoms. The zero-order valence-corrected chi connectivity index (χ0v) is 11.7. The molecule has 0 fully saturated rings. The Balaban J connectivity index is 1.84. The van der Waals surface area contributed by atoms with Gasteiger partial charge >= 0.3 is 0 Å². The van der Waals surface area contributed by atoms with Crippen LogP contribution in [0.2, 0.25) is 0 Å². The first-order valence-electron chi connectivity index (χ1n) is 6.82. The number of hydrogen-bond donors (Lipinski definition) is 3. The first kappa shape index (κ1) is 12.7. The summed E-state index contributed by atoms with van der Waals surface area (Å²) < 4.78 is 0. The van der Waals surface area contributed by atoms with Crippen LogP contribution in [0.15, 0.2) is 24.3 Å². The molecule has 1 aliphatic rings. The lowest BCUT2D eigenvalue weighted by Crippen LogP contribution is -2.27. The molecule has 1 aliphatic heterocycles. The van der Waals surface area contributed by atoms with Crippen LogP contribution in [0, 0.1) is 13.8 Å². The molecule has 1 amide bonds. The Kier molecular flexibility index (Phi) is 3.18. The second-order valence-electron chi connectivity index (χ2n) is 5.17. The van der Waals surface area contributed by atoms with Crippen LogP contribution >= 0.6 is 0 Å². The number of nitrogens with zero attached hydrogens (tertiary/aromatic N) is 1. The fourth-order valence-electron chi connectivity index (χ4n) is 2.55. The number of carbonyl (C=O) groups is 1. The van der Waals surface area contributed by atoms with Gasteiger partial charge in [-0.2, -0.15) is 5.10 Å². The van der Waals surface area contributed by atoms with Crippen LogP contribution in [0.3, 0.4) is 0 Å². The normalized spacial score (nSPS) is 17.2. The van der Waals surface area contributed by atoms with E-state index in [-0.39, 0.29) is 11.8 Å². The quantitative estimate of drug-likeness (QED) is 0.785. The molecule has 1 atom stereocenters. The van der Waals surface area contributed by atoms with Gasteiger partial charge in [0.1, 0.15) is 0 Å². The SMILES string of the molecule is Cc1[nH]nc(NC(=O)C2CCNc3ccccc32)c1C. The standard InChI is InChI=1S/C15H18N4O/c1-9-10(2)18-19-14(9)17-15(20)12-7-8-16-13-6-4-3-5-11(12)13/h3-6,12,16H,7-8H2,1-2H3,(H2,17,18,19,20). The zero-order chi connectivity index (χ0) is 14.1. The van der Waals surface area contributed by atoms with Crippen LogP contribution < -0.4 is 10.6 Å². The summed E-state index contributed by atoms with van der Waals surface area (Å²) in [7, 11) is 0. The van der Waals surface area contributed by atoms with Crippen LogP contribution in [-0.2, 0) is 4.79 Å². The van der Waals surface area contributed by atoms with Crippen molar-refractivity contribution in [3.05, 3.63) is 41.1 Å². The predicted octanol–water partition coefficient (Wildman–Crippen LogP) is 2.56. The van der Waals surface area contributed by atoms with Crippen LogP contribution in [0.4, 0.5) is 11.5 Å². The number of para-hydroxylation sites is 1.